The maximum Gasteiger partial charge on any atom is 0.243 e. The van der Waals surface area contributed by atoms with Crippen LogP contribution in [0.3, 0.4) is 0 Å². The summed E-state index contributed by atoms with van der Waals surface area (Å²) in [4.78, 5) is 28.4. The molecule has 6 heteroatoms. The van der Waals surface area contributed by atoms with E-state index in [-0.39, 0.29) is 18.2 Å². The van der Waals surface area contributed by atoms with Crippen LogP contribution in [0.15, 0.2) is 78.9 Å². The number of nitrogens with one attached hydrogen (secondary N) is 1. The highest BCUT2D eigenvalue weighted by Crippen LogP contribution is 2.19. The van der Waals surface area contributed by atoms with E-state index in [1.54, 1.807) is 12.0 Å². The van der Waals surface area contributed by atoms with Gasteiger partial charge in [-0.1, -0.05) is 60.2 Å². The summed E-state index contributed by atoms with van der Waals surface area (Å²) in [6.07, 6.45) is 1.28. The summed E-state index contributed by atoms with van der Waals surface area (Å²) in [6.45, 7) is 5.20. The summed E-state index contributed by atoms with van der Waals surface area (Å²) in [6, 6.07) is 24.7. The Labute approximate surface area is 214 Å². The molecule has 3 aromatic rings. The molecule has 190 valence electrons. The van der Waals surface area contributed by atoms with E-state index in [0.29, 0.717) is 32.5 Å². The van der Waals surface area contributed by atoms with Gasteiger partial charge in [-0.15, -0.1) is 0 Å². The number of benzene rings is 3. The zero-order chi connectivity index (χ0) is 25.8. The Morgan fingerprint density at radius 1 is 0.889 bits per heavy atom. The van der Waals surface area contributed by atoms with Gasteiger partial charge in [0, 0.05) is 25.9 Å². The van der Waals surface area contributed by atoms with Gasteiger partial charge in [0.05, 0.1) is 13.7 Å². The van der Waals surface area contributed by atoms with E-state index in [4.69, 9.17) is 9.47 Å². The van der Waals surface area contributed by atoms with E-state index in [9.17, 15) is 9.59 Å². The molecule has 0 heterocycles. The Balaban J connectivity index is 1.73. The highest BCUT2D eigenvalue weighted by atomic mass is 16.5. The molecule has 0 aromatic heterocycles. The number of likely N-dealkylation sites (N-methyl/N-ethyl adjacent to an activating group) is 1. The summed E-state index contributed by atoms with van der Waals surface area (Å²) >= 11 is 0. The van der Waals surface area contributed by atoms with E-state index in [0.717, 1.165) is 28.2 Å². The Morgan fingerprint density at radius 2 is 1.56 bits per heavy atom. The predicted octanol–water partition coefficient (Wildman–Crippen LogP) is 4.94. The highest BCUT2D eigenvalue weighted by Gasteiger charge is 2.29. The van der Waals surface area contributed by atoms with Gasteiger partial charge < -0.3 is 19.7 Å². The Morgan fingerprint density at radius 3 is 2.19 bits per heavy atom. The number of rotatable bonds is 13. The third kappa shape index (κ3) is 8.15. The van der Waals surface area contributed by atoms with Crippen LogP contribution in [0.1, 0.15) is 36.5 Å². The lowest BCUT2D eigenvalue weighted by Crippen LogP contribution is -2.50. The minimum atomic E-state index is -0.608. The average molecular weight is 489 g/mol. The molecule has 3 rings (SSSR count). The first-order valence-electron chi connectivity index (χ1n) is 12.4. The van der Waals surface area contributed by atoms with Gasteiger partial charge in [-0.25, -0.2) is 0 Å². The number of aryl methyl sites for hydroxylation is 1. The Bertz CT molecular complexity index is 1080. The normalized spacial score (nSPS) is 11.4. The molecule has 6 nitrogen and oxygen atoms in total. The van der Waals surface area contributed by atoms with E-state index in [2.05, 4.69) is 5.32 Å². The first-order chi connectivity index (χ1) is 17.5. The molecule has 1 atom stereocenters. The minimum absolute atomic E-state index is 0.0684. The number of hydrogen-bond acceptors (Lipinski definition) is 4. The van der Waals surface area contributed by atoms with Crippen LogP contribution in [0, 0.1) is 6.92 Å². The summed E-state index contributed by atoms with van der Waals surface area (Å²) in [7, 11) is 1.62. The number of amides is 2. The van der Waals surface area contributed by atoms with Crippen LogP contribution in [-0.2, 0) is 22.6 Å². The lowest BCUT2D eigenvalue weighted by molar-refractivity contribution is -0.141. The van der Waals surface area contributed by atoms with Gasteiger partial charge >= 0.3 is 0 Å². The number of ether oxygens (including phenoxy) is 2. The van der Waals surface area contributed by atoms with Crippen LogP contribution in [0.25, 0.3) is 0 Å². The largest absolute Gasteiger partial charge is 0.497 e. The third-order valence-electron chi connectivity index (χ3n) is 5.96. The molecule has 0 spiro atoms. The number of nitrogens with zero attached hydrogens (tertiary/aromatic N) is 1. The maximum absolute atomic E-state index is 13.5. The number of carbonyl (C=O) groups is 2. The van der Waals surface area contributed by atoms with Crippen LogP contribution in [0.4, 0.5) is 0 Å². The number of methoxy groups -OCH3 is 1. The van der Waals surface area contributed by atoms with Crippen LogP contribution in [0.2, 0.25) is 0 Å². The summed E-state index contributed by atoms with van der Waals surface area (Å²) in [5.74, 6) is 1.28. The second-order valence-corrected chi connectivity index (χ2v) is 8.73. The van der Waals surface area contributed by atoms with Gasteiger partial charge in [-0.2, -0.15) is 0 Å². The van der Waals surface area contributed by atoms with E-state index in [1.165, 1.54) is 0 Å². The van der Waals surface area contributed by atoms with Crippen molar-refractivity contribution in [2.24, 2.45) is 0 Å². The van der Waals surface area contributed by atoms with Crippen molar-refractivity contribution in [3.8, 4) is 11.5 Å². The molecule has 0 saturated heterocycles. The first kappa shape index (κ1) is 26.8. The second kappa shape index (κ2) is 13.9. The molecule has 36 heavy (non-hydrogen) atoms. The van der Waals surface area contributed by atoms with E-state index < -0.39 is 6.04 Å². The van der Waals surface area contributed by atoms with Crippen LogP contribution in [-0.4, -0.2) is 43.0 Å². The number of carbonyl (C=O) groups excluding carboxylic acids is 2. The molecule has 0 aliphatic carbocycles. The zero-order valence-electron chi connectivity index (χ0n) is 21.4. The van der Waals surface area contributed by atoms with Crippen molar-refractivity contribution in [1.29, 1.82) is 0 Å². The molecule has 0 fully saturated rings. The fraction of sp³-hybridized carbons (Fsp3) is 0.333. The maximum atomic E-state index is 13.5. The highest BCUT2D eigenvalue weighted by molar-refractivity contribution is 5.88. The van der Waals surface area contributed by atoms with Crippen molar-refractivity contribution in [2.45, 2.75) is 45.7 Å². The first-order valence-corrected chi connectivity index (χ1v) is 12.4. The van der Waals surface area contributed by atoms with Crippen molar-refractivity contribution < 1.29 is 19.1 Å². The molecule has 2 amide bonds. The average Bonchev–Trinajstić information content (AvgIpc) is 2.90. The van der Waals surface area contributed by atoms with Gasteiger partial charge in [0.1, 0.15) is 17.5 Å². The third-order valence-corrected chi connectivity index (χ3v) is 5.96. The molecule has 0 aliphatic rings. The molecule has 0 saturated carbocycles. The smallest absolute Gasteiger partial charge is 0.243 e. The lowest BCUT2D eigenvalue weighted by Gasteiger charge is -2.31. The second-order valence-electron chi connectivity index (χ2n) is 8.73. The molecular formula is C30H36N2O4. The van der Waals surface area contributed by atoms with Crippen molar-refractivity contribution in [3.05, 3.63) is 95.6 Å². The van der Waals surface area contributed by atoms with Gasteiger partial charge in [-0.3, -0.25) is 9.59 Å². The quantitative estimate of drug-likeness (QED) is 0.346. The monoisotopic (exact) mass is 488 g/mol. The molecule has 3 aromatic carbocycles. The predicted molar refractivity (Wildman–Crippen MR) is 142 cm³/mol. The fourth-order valence-corrected chi connectivity index (χ4v) is 3.97. The van der Waals surface area contributed by atoms with Gasteiger partial charge in [0.2, 0.25) is 11.8 Å². The zero-order valence-corrected chi connectivity index (χ0v) is 21.4. The fourth-order valence-electron chi connectivity index (χ4n) is 3.97. The van der Waals surface area contributed by atoms with Gasteiger partial charge in [-0.05, 0) is 55.7 Å². The molecule has 0 aliphatic heterocycles. The van der Waals surface area contributed by atoms with Crippen LogP contribution in [0.5, 0.6) is 11.5 Å². The molecule has 0 radical (unpaired) electrons. The topological polar surface area (TPSA) is 67.9 Å². The number of hydrogen-bond donors (Lipinski definition) is 1. The standard InChI is InChI=1S/C30H36N2O4/c1-4-31-30(34)28(21-24-9-6-5-7-10-24)32(22-25-14-12-23(2)13-15-25)29(33)11-8-20-36-27-18-16-26(35-3)17-19-27/h5-7,9-10,12-19,28H,4,8,11,20-22H2,1-3H3,(H,31,34). The van der Waals surface area contributed by atoms with E-state index in [1.807, 2.05) is 92.7 Å². The van der Waals surface area contributed by atoms with Crippen LogP contribution < -0.4 is 14.8 Å². The summed E-state index contributed by atoms with van der Waals surface area (Å²) in [5.41, 5.74) is 3.15. The van der Waals surface area contributed by atoms with Gasteiger partial charge in [0.15, 0.2) is 0 Å². The van der Waals surface area contributed by atoms with Crippen LogP contribution >= 0.6 is 0 Å². The van der Waals surface area contributed by atoms with Crippen molar-refractivity contribution in [2.75, 3.05) is 20.3 Å². The Kier molecular flexibility index (Phi) is 10.4. The molecular weight excluding hydrogens is 452 g/mol. The SMILES string of the molecule is CCNC(=O)C(Cc1ccccc1)N(Cc1ccc(C)cc1)C(=O)CCCOc1ccc(OC)cc1. The molecule has 0 bridgehead atoms. The summed E-state index contributed by atoms with van der Waals surface area (Å²) < 4.78 is 11.0. The van der Waals surface area contributed by atoms with Gasteiger partial charge in [0.25, 0.3) is 0 Å². The summed E-state index contributed by atoms with van der Waals surface area (Å²) in [5, 5.41) is 2.93. The Hall–Kier alpha value is -3.80. The van der Waals surface area contributed by atoms with Crippen molar-refractivity contribution >= 4 is 11.8 Å². The molecule has 1 N–H and O–H groups in total. The van der Waals surface area contributed by atoms with E-state index >= 15 is 0 Å². The van der Waals surface area contributed by atoms with Crippen molar-refractivity contribution in [3.63, 3.8) is 0 Å². The van der Waals surface area contributed by atoms with Crippen molar-refractivity contribution in [1.82, 2.24) is 10.2 Å². The molecule has 1 unspecified atom stereocenters. The lowest BCUT2D eigenvalue weighted by atomic mass is 10.0. The minimum Gasteiger partial charge on any atom is -0.497 e.